The molecule has 2 N–H and O–H groups in total. The number of nitrogens with zero attached hydrogens (tertiary/aromatic N) is 2. The first-order valence-electron chi connectivity index (χ1n) is 7.03. The summed E-state index contributed by atoms with van der Waals surface area (Å²) >= 11 is 0.866. The predicted molar refractivity (Wildman–Crippen MR) is 81.4 cm³/mol. The van der Waals surface area contributed by atoms with E-state index in [2.05, 4.69) is 15.6 Å². The van der Waals surface area contributed by atoms with E-state index in [1.54, 1.807) is 24.3 Å². The average molecular weight is 340 g/mol. The summed E-state index contributed by atoms with van der Waals surface area (Å²) in [5.41, 5.74) is 0.735. The normalized spacial score (nSPS) is 14.2. The quantitative estimate of drug-likeness (QED) is 0.820. The summed E-state index contributed by atoms with van der Waals surface area (Å²) < 4.78 is 27.2. The fourth-order valence-electron chi connectivity index (χ4n) is 2.05. The molecule has 1 aromatic carbocycles. The number of carbonyl (C=O) groups is 2. The van der Waals surface area contributed by atoms with Crippen molar-refractivity contribution in [2.75, 3.05) is 5.75 Å². The zero-order valence-electron chi connectivity index (χ0n) is 12.0. The number of aromatic nitrogens is 2. The van der Waals surface area contributed by atoms with Crippen LogP contribution in [0.25, 0.3) is 11.0 Å². The molecule has 3 rings (SSSR count). The second kappa shape index (κ2) is 6.53. The molecule has 2 aromatic rings. The van der Waals surface area contributed by atoms with E-state index in [1.807, 2.05) is 0 Å². The molecule has 1 aliphatic carbocycles. The van der Waals surface area contributed by atoms with Crippen molar-refractivity contribution in [1.82, 2.24) is 20.2 Å². The molecule has 1 aromatic heterocycles. The number of thioether (sulfide) groups is 1. The Kier molecular flexibility index (Phi) is 4.46. The molecule has 0 aliphatic heterocycles. The Morgan fingerprint density at radius 2 is 2.09 bits per heavy atom. The van der Waals surface area contributed by atoms with Crippen LogP contribution >= 0.6 is 11.8 Å². The van der Waals surface area contributed by atoms with Crippen molar-refractivity contribution in [3.8, 4) is 0 Å². The number of urea groups is 1. The van der Waals surface area contributed by atoms with Gasteiger partial charge in [0, 0.05) is 6.04 Å². The number of hydrogen-bond donors (Lipinski definition) is 2. The zero-order valence-corrected chi connectivity index (χ0v) is 12.8. The van der Waals surface area contributed by atoms with Gasteiger partial charge < -0.3 is 5.32 Å². The Labute approximate surface area is 134 Å². The van der Waals surface area contributed by atoms with Crippen LogP contribution in [0, 0.1) is 0 Å². The predicted octanol–water partition coefficient (Wildman–Crippen LogP) is 2.51. The Morgan fingerprint density at radius 3 is 2.78 bits per heavy atom. The molecule has 23 heavy (non-hydrogen) atoms. The molecule has 0 bridgehead atoms. The van der Waals surface area contributed by atoms with Crippen LogP contribution in [0.4, 0.5) is 13.6 Å². The van der Waals surface area contributed by atoms with Crippen LogP contribution in [-0.2, 0) is 4.79 Å². The maximum Gasteiger partial charge on any atom is 0.321 e. The number of carbonyl (C=O) groups excluding carboxylic acids is 2. The molecule has 1 fully saturated rings. The number of nitrogens with one attached hydrogen (secondary N) is 2. The van der Waals surface area contributed by atoms with Crippen LogP contribution < -0.4 is 10.6 Å². The fraction of sp³-hybridized carbons (Fsp3) is 0.357. The number of imidazole rings is 1. The highest BCUT2D eigenvalue weighted by molar-refractivity contribution is 7.99. The van der Waals surface area contributed by atoms with E-state index in [0.29, 0.717) is 11.0 Å². The highest BCUT2D eigenvalue weighted by atomic mass is 32.2. The fourth-order valence-corrected chi connectivity index (χ4v) is 2.87. The molecule has 0 spiro atoms. The first-order valence-corrected chi connectivity index (χ1v) is 8.01. The van der Waals surface area contributed by atoms with Crippen LogP contribution in [0.1, 0.15) is 19.4 Å². The van der Waals surface area contributed by atoms with Crippen LogP contribution in [-0.4, -0.2) is 33.3 Å². The van der Waals surface area contributed by atoms with Gasteiger partial charge in [0.1, 0.15) is 0 Å². The largest absolute Gasteiger partial charge is 0.335 e. The SMILES string of the molecule is O=C(CSc1nc2ccccc2n1C(F)F)NC(=O)NC1CC1. The van der Waals surface area contributed by atoms with Crippen LogP contribution in [0.15, 0.2) is 29.4 Å². The van der Waals surface area contributed by atoms with Gasteiger partial charge in [-0.2, -0.15) is 8.78 Å². The summed E-state index contributed by atoms with van der Waals surface area (Å²) in [6, 6.07) is 6.10. The minimum Gasteiger partial charge on any atom is -0.335 e. The van der Waals surface area contributed by atoms with Gasteiger partial charge in [0.25, 0.3) is 0 Å². The van der Waals surface area contributed by atoms with Gasteiger partial charge in [-0.05, 0) is 25.0 Å². The second-order valence-electron chi connectivity index (χ2n) is 5.12. The minimum absolute atomic E-state index is 0.0407. The van der Waals surface area contributed by atoms with E-state index in [9.17, 15) is 18.4 Å². The standard InChI is InChI=1S/C14H14F2N4O2S/c15-12(16)20-10-4-2-1-3-9(10)18-14(20)23-7-11(21)19-13(22)17-8-5-6-8/h1-4,8,12H,5-7H2,(H2,17,19,21,22). The Balaban J connectivity index is 1.65. The summed E-state index contributed by atoms with van der Waals surface area (Å²) in [6.07, 6.45) is 1.82. The molecule has 6 nitrogen and oxygen atoms in total. The maximum atomic E-state index is 13.2. The van der Waals surface area contributed by atoms with Gasteiger partial charge in [-0.1, -0.05) is 23.9 Å². The van der Waals surface area contributed by atoms with E-state index in [-0.39, 0.29) is 17.0 Å². The van der Waals surface area contributed by atoms with Crippen LogP contribution in [0.3, 0.4) is 0 Å². The number of fused-ring (bicyclic) bond motifs is 1. The Bertz CT molecular complexity index is 745. The summed E-state index contributed by atoms with van der Waals surface area (Å²) in [7, 11) is 0. The lowest BCUT2D eigenvalue weighted by Crippen LogP contribution is -2.41. The molecule has 1 heterocycles. The van der Waals surface area contributed by atoms with Gasteiger partial charge in [0.2, 0.25) is 5.91 Å². The van der Waals surface area contributed by atoms with Crippen molar-refractivity contribution in [1.29, 1.82) is 0 Å². The van der Waals surface area contributed by atoms with E-state index >= 15 is 0 Å². The Hall–Kier alpha value is -2.16. The molecule has 0 saturated heterocycles. The molecule has 1 saturated carbocycles. The lowest BCUT2D eigenvalue weighted by atomic mass is 10.3. The Morgan fingerprint density at radius 1 is 1.35 bits per heavy atom. The van der Waals surface area contributed by atoms with Gasteiger partial charge in [0.05, 0.1) is 16.8 Å². The van der Waals surface area contributed by atoms with Crippen molar-refractivity contribution < 1.29 is 18.4 Å². The number of halogens is 2. The molecule has 3 amide bonds. The molecule has 122 valence electrons. The second-order valence-corrected chi connectivity index (χ2v) is 6.06. The van der Waals surface area contributed by atoms with Crippen molar-refractivity contribution in [3.63, 3.8) is 0 Å². The third-order valence-corrected chi connectivity index (χ3v) is 4.21. The molecular formula is C14H14F2N4O2S. The van der Waals surface area contributed by atoms with E-state index < -0.39 is 18.5 Å². The minimum atomic E-state index is -2.76. The number of hydrogen-bond acceptors (Lipinski definition) is 4. The first kappa shape index (κ1) is 15.7. The average Bonchev–Trinajstić information content (AvgIpc) is 3.21. The lowest BCUT2D eigenvalue weighted by molar-refractivity contribution is -0.117. The van der Waals surface area contributed by atoms with Crippen LogP contribution in [0.5, 0.6) is 0 Å². The van der Waals surface area contributed by atoms with Gasteiger partial charge >= 0.3 is 12.6 Å². The number of para-hydroxylation sites is 2. The van der Waals surface area contributed by atoms with Crippen molar-refractivity contribution in [2.45, 2.75) is 30.6 Å². The molecular weight excluding hydrogens is 326 g/mol. The van der Waals surface area contributed by atoms with Gasteiger partial charge in [-0.15, -0.1) is 0 Å². The summed E-state index contributed by atoms with van der Waals surface area (Å²) in [5, 5.41) is 4.82. The summed E-state index contributed by atoms with van der Waals surface area (Å²) in [4.78, 5) is 27.3. The number of imide groups is 1. The summed E-state index contributed by atoms with van der Waals surface area (Å²) in [5.74, 6) is -0.727. The topological polar surface area (TPSA) is 76.0 Å². The van der Waals surface area contributed by atoms with Crippen LogP contribution in [0.2, 0.25) is 0 Å². The number of benzene rings is 1. The lowest BCUT2D eigenvalue weighted by Gasteiger charge is -2.07. The zero-order chi connectivity index (χ0) is 16.4. The highest BCUT2D eigenvalue weighted by Crippen LogP contribution is 2.28. The van der Waals surface area contributed by atoms with Gasteiger partial charge in [-0.3, -0.25) is 14.7 Å². The summed E-state index contributed by atoms with van der Waals surface area (Å²) in [6.45, 7) is -2.76. The van der Waals surface area contributed by atoms with E-state index in [1.165, 1.54) is 0 Å². The number of rotatable bonds is 5. The molecule has 0 atom stereocenters. The highest BCUT2D eigenvalue weighted by Gasteiger charge is 2.24. The maximum absolute atomic E-state index is 13.2. The smallest absolute Gasteiger partial charge is 0.321 e. The van der Waals surface area contributed by atoms with E-state index in [0.717, 1.165) is 29.2 Å². The van der Waals surface area contributed by atoms with Gasteiger partial charge in [0.15, 0.2) is 5.16 Å². The van der Waals surface area contributed by atoms with Crippen molar-refractivity contribution in [2.24, 2.45) is 0 Å². The number of alkyl halides is 2. The molecule has 1 aliphatic rings. The first-order chi connectivity index (χ1) is 11.0. The molecule has 9 heteroatoms. The van der Waals surface area contributed by atoms with E-state index in [4.69, 9.17) is 0 Å². The molecule has 0 unspecified atom stereocenters. The third kappa shape index (κ3) is 3.79. The number of amides is 3. The third-order valence-electron chi connectivity index (χ3n) is 3.26. The van der Waals surface area contributed by atoms with Gasteiger partial charge in [-0.25, -0.2) is 9.78 Å². The van der Waals surface area contributed by atoms with Crippen molar-refractivity contribution in [3.05, 3.63) is 24.3 Å². The monoisotopic (exact) mass is 340 g/mol. The van der Waals surface area contributed by atoms with Crippen molar-refractivity contribution >= 4 is 34.7 Å². The molecule has 0 radical (unpaired) electrons.